The first-order valence-corrected chi connectivity index (χ1v) is 31.6. The van der Waals surface area contributed by atoms with Crippen LogP contribution in [0.5, 0.6) is 0 Å². The van der Waals surface area contributed by atoms with E-state index >= 15 is 0 Å². The minimum Gasteiger partial charge on any atom is -0.334 e. The molecule has 2 aliphatic heterocycles. The van der Waals surface area contributed by atoms with Crippen molar-refractivity contribution in [3.63, 3.8) is 0 Å². The number of anilines is 4. The summed E-state index contributed by atoms with van der Waals surface area (Å²) in [5.41, 5.74) is 23.6. The molecule has 2 fully saturated rings. The zero-order chi connectivity index (χ0) is 56.3. The molecule has 2 heteroatoms. The molecule has 0 aromatic heterocycles. The SMILES string of the molecule is CC12CCCCC1(C)N(c1cccc3ccccc13)c1ccc(-c3ccc4c(c3)C3(c5cc(-c6ccc7c(c6)C6(C)CCCCC6(C)N7c6cccc7ccccc67)ccc5-4)c4ccccc4-c4c3cc3ccc5cccc6ccc4c3c56)cc12. The molecule has 0 amide bonds. The Bertz CT molecular complexity index is 4840. The summed E-state index contributed by atoms with van der Waals surface area (Å²) in [6.07, 6.45) is 9.64. The average molecular weight is 1090 g/mol. The van der Waals surface area contributed by atoms with Crippen molar-refractivity contribution >= 4 is 76.6 Å². The van der Waals surface area contributed by atoms with Crippen LogP contribution in [0.4, 0.5) is 22.7 Å². The normalized spacial score (nSPS) is 24.0. The first-order valence-electron chi connectivity index (χ1n) is 31.6. The lowest BCUT2D eigenvalue weighted by molar-refractivity contribution is 0.195. The molecule has 408 valence electrons. The average Bonchev–Trinajstić information content (AvgIpc) is 1.53. The van der Waals surface area contributed by atoms with Crippen molar-refractivity contribution < 1.29 is 0 Å². The number of nitrogens with zero attached hydrogens (tertiary/aromatic N) is 2. The van der Waals surface area contributed by atoms with Gasteiger partial charge in [-0.25, -0.2) is 0 Å². The number of fused-ring (bicyclic) bond motifs is 19. The summed E-state index contributed by atoms with van der Waals surface area (Å²) in [6, 6.07) is 90.5. The van der Waals surface area contributed by atoms with Gasteiger partial charge in [0.25, 0.3) is 0 Å². The van der Waals surface area contributed by atoms with Crippen LogP contribution in [0.2, 0.25) is 0 Å². The molecule has 0 N–H and O–H groups in total. The molecule has 4 aliphatic carbocycles. The summed E-state index contributed by atoms with van der Waals surface area (Å²) in [5.74, 6) is 0. The molecule has 13 aromatic carbocycles. The molecule has 85 heavy (non-hydrogen) atoms. The van der Waals surface area contributed by atoms with Gasteiger partial charge in [0.1, 0.15) is 0 Å². The zero-order valence-corrected chi connectivity index (χ0v) is 49.0. The fraction of sp³-hybridized carbons (Fsp3) is 0.205. The van der Waals surface area contributed by atoms with Gasteiger partial charge >= 0.3 is 0 Å². The summed E-state index contributed by atoms with van der Waals surface area (Å²) in [6.45, 7) is 10.3. The predicted molar refractivity (Wildman–Crippen MR) is 358 cm³/mol. The van der Waals surface area contributed by atoms with Crippen molar-refractivity contribution in [1.29, 1.82) is 0 Å². The van der Waals surface area contributed by atoms with Crippen molar-refractivity contribution in [1.82, 2.24) is 0 Å². The molecule has 19 rings (SSSR count). The smallest absolute Gasteiger partial charge is 0.0726 e. The molecule has 4 atom stereocenters. The summed E-state index contributed by atoms with van der Waals surface area (Å²) in [4.78, 5) is 5.53. The van der Waals surface area contributed by atoms with E-state index in [1.807, 2.05) is 0 Å². The second-order valence-electron chi connectivity index (χ2n) is 27.2. The van der Waals surface area contributed by atoms with Crippen molar-refractivity contribution in [2.75, 3.05) is 9.80 Å². The Morgan fingerprint density at radius 3 is 1.31 bits per heavy atom. The Balaban J connectivity index is 0.833. The lowest BCUT2D eigenvalue weighted by Crippen LogP contribution is -2.54. The van der Waals surface area contributed by atoms with E-state index in [4.69, 9.17) is 0 Å². The van der Waals surface area contributed by atoms with Gasteiger partial charge in [0.05, 0.1) is 16.5 Å². The van der Waals surface area contributed by atoms with Crippen molar-refractivity contribution in [3.05, 3.63) is 264 Å². The van der Waals surface area contributed by atoms with Crippen LogP contribution in [0, 0.1) is 0 Å². The maximum atomic E-state index is 2.76. The highest BCUT2D eigenvalue weighted by atomic mass is 15.3. The minimum absolute atomic E-state index is 0.0275. The van der Waals surface area contributed by atoms with Crippen LogP contribution >= 0.6 is 0 Å². The van der Waals surface area contributed by atoms with Crippen molar-refractivity contribution in [2.45, 2.75) is 106 Å². The zero-order valence-electron chi connectivity index (χ0n) is 49.0. The fourth-order valence-electron chi connectivity index (χ4n) is 19.2. The molecule has 13 aromatic rings. The van der Waals surface area contributed by atoms with Crippen LogP contribution in [0.3, 0.4) is 0 Å². The van der Waals surface area contributed by atoms with Crippen molar-refractivity contribution in [3.8, 4) is 44.5 Å². The largest absolute Gasteiger partial charge is 0.334 e. The Labute approximate surface area is 498 Å². The maximum Gasteiger partial charge on any atom is 0.0726 e. The third-order valence-corrected chi connectivity index (χ3v) is 23.7. The fourth-order valence-corrected chi connectivity index (χ4v) is 19.2. The maximum absolute atomic E-state index is 2.76. The third-order valence-electron chi connectivity index (χ3n) is 23.7. The summed E-state index contributed by atoms with van der Waals surface area (Å²) < 4.78 is 0. The first kappa shape index (κ1) is 48.4. The Morgan fingerprint density at radius 1 is 0.282 bits per heavy atom. The molecule has 6 aliphatic rings. The summed E-state index contributed by atoms with van der Waals surface area (Å²) >= 11 is 0. The monoisotopic (exact) mass is 1090 g/mol. The van der Waals surface area contributed by atoms with Crippen LogP contribution in [0.25, 0.3) is 98.4 Å². The number of benzene rings is 13. The predicted octanol–water partition coefficient (Wildman–Crippen LogP) is 22.1. The molecule has 2 saturated carbocycles. The third kappa shape index (κ3) is 5.92. The minimum atomic E-state index is -0.585. The van der Waals surface area contributed by atoms with Crippen LogP contribution in [0.1, 0.15) is 112 Å². The first-order chi connectivity index (χ1) is 41.6. The van der Waals surface area contributed by atoms with Crippen LogP contribution < -0.4 is 9.80 Å². The van der Waals surface area contributed by atoms with Crippen molar-refractivity contribution in [2.24, 2.45) is 0 Å². The van der Waals surface area contributed by atoms with Gasteiger partial charge in [-0.3, -0.25) is 0 Å². The van der Waals surface area contributed by atoms with Crippen LogP contribution in [-0.2, 0) is 16.2 Å². The molecule has 2 heterocycles. The molecule has 2 nitrogen and oxygen atoms in total. The number of hydrogen-bond acceptors (Lipinski definition) is 2. The summed E-state index contributed by atoms with van der Waals surface area (Å²) in [5, 5.41) is 13.2. The van der Waals surface area contributed by atoms with Gasteiger partial charge in [-0.1, -0.05) is 215 Å². The van der Waals surface area contributed by atoms with Gasteiger partial charge in [0.15, 0.2) is 0 Å². The molecule has 1 spiro atoms. The molecular formula is C83H66N2. The Kier molecular flexibility index (Phi) is 9.49. The summed E-state index contributed by atoms with van der Waals surface area (Å²) in [7, 11) is 0. The van der Waals surface area contributed by atoms with E-state index in [0.717, 1.165) is 12.8 Å². The van der Waals surface area contributed by atoms with Gasteiger partial charge in [0, 0.05) is 44.4 Å². The lowest BCUT2D eigenvalue weighted by Gasteiger charge is -2.50. The quantitative estimate of drug-likeness (QED) is 0.162. The van der Waals surface area contributed by atoms with E-state index in [2.05, 4.69) is 268 Å². The molecule has 0 radical (unpaired) electrons. The van der Waals surface area contributed by atoms with E-state index in [-0.39, 0.29) is 21.9 Å². The van der Waals surface area contributed by atoms with Crippen LogP contribution in [0.15, 0.2) is 231 Å². The second-order valence-corrected chi connectivity index (χ2v) is 27.2. The Morgan fingerprint density at radius 2 is 0.729 bits per heavy atom. The van der Waals surface area contributed by atoms with E-state index in [9.17, 15) is 0 Å². The Hall–Kier alpha value is -8.98. The van der Waals surface area contributed by atoms with Gasteiger partial charge < -0.3 is 9.80 Å². The highest BCUT2D eigenvalue weighted by Crippen LogP contribution is 2.68. The lowest BCUT2D eigenvalue weighted by atomic mass is 9.61. The molecule has 0 bridgehead atoms. The second kappa shape index (κ2) is 16.7. The molecular weight excluding hydrogens is 1020 g/mol. The number of rotatable bonds is 4. The highest BCUT2D eigenvalue weighted by Gasteiger charge is 2.60. The van der Waals surface area contributed by atoms with E-state index in [1.165, 1.54) is 193 Å². The standard InChI is InChI=1S/C83H66N2/c1-79-42-11-13-44-81(79,3)84(72-28-16-20-51-18-5-7-24-60(51)72)74-40-35-57(48-69(74)79)55-33-37-62-63-38-34-56(58-36-41-75-70(49-58)80(2)43-12-14-45-82(80,4)85(75)73-29-17-21-52-19-6-8-25-61(52)73)47-68(63)83(67(62)46-55)66-27-10-9-26-64(66)78-65-39-32-54-23-15-22-53-30-31-59(50-71(78)83)77(65)76(53)54/h5-10,15-41,46-50H,11-14,42-45H2,1-4H3. The highest BCUT2D eigenvalue weighted by molar-refractivity contribution is 6.27. The van der Waals surface area contributed by atoms with Gasteiger partial charge in [-0.2, -0.15) is 0 Å². The van der Waals surface area contributed by atoms with E-state index < -0.39 is 5.41 Å². The number of hydrogen-bond donors (Lipinski definition) is 0. The van der Waals surface area contributed by atoms with E-state index in [1.54, 1.807) is 0 Å². The molecule has 4 unspecified atom stereocenters. The van der Waals surface area contributed by atoms with Gasteiger partial charge in [0.2, 0.25) is 0 Å². The van der Waals surface area contributed by atoms with Crippen LogP contribution in [-0.4, -0.2) is 11.1 Å². The molecule has 0 saturated heterocycles. The van der Waals surface area contributed by atoms with Gasteiger partial charge in [-0.05, 0) is 215 Å². The van der Waals surface area contributed by atoms with Gasteiger partial charge in [-0.15, -0.1) is 0 Å². The topological polar surface area (TPSA) is 6.48 Å². The van der Waals surface area contributed by atoms with E-state index in [0.29, 0.717) is 0 Å².